The summed E-state index contributed by atoms with van der Waals surface area (Å²) in [7, 11) is 0. The van der Waals surface area contributed by atoms with Gasteiger partial charge in [-0.1, -0.05) is 87.4 Å². The molecule has 6 N–H and O–H groups in total. The van der Waals surface area contributed by atoms with Crippen LogP contribution in [0.5, 0.6) is 0 Å². The Morgan fingerprint density at radius 3 is 2.16 bits per heavy atom. The smallest absolute Gasteiger partial charge is 0.220 e. The van der Waals surface area contributed by atoms with Crippen molar-refractivity contribution in [3.8, 4) is 0 Å². The second kappa shape index (κ2) is 25.2. The van der Waals surface area contributed by atoms with Crippen LogP contribution in [0.2, 0.25) is 0 Å². The van der Waals surface area contributed by atoms with Gasteiger partial charge in [-0.3, -0.25) is 4.79 Å². The van der Waals surface area contributed by atoms with Crippen LogP contribution < -0.4 is 5.32 Å². The number of unbranched alkanes of at least 4 members (excludes halogenated alkanes) is 5. The van der Waals surface area contributed by atoms with Gasteiger partial charge in [-0.2, -0.15) is 0 Å². The zero-order valence-corrected chi connectivity index (χ0v) is 26.2. The third-order valence-corrected chi connectivity index (χ3v) is 7.06. The molecule has 0 saturated carbocycles. The van der Waals surface area contributed by atoms with Gasteiger partial charge in [-0.15, -0.1) is 0 Å². The van der Waals surface area contributed by atoms with Gasteiger partial charge in [0.15, 0.2) is 6.29 Å². The first-order chi connectivity index (χ1) is 20.8. The summed E-state index contributed by atoms with van der Waals surface area (Å²) in [6, 6.07) is -0.833. The molecule has 0 aromatic heterocycles. The van der Waals surface area contributed by atoms with E-state index in [0.717, 1.165) is 64.2 Å². The van der Waals surface area contributed by atoms with Gasteiger partial charge in [0.25, 0.3) is 0 Å². The molecule has 1 saturated heterocycles. The Bertz CT molecular complexity index is 853. The molecule has 1 fully saturated rings. The van der Waals surface area contributed by atoms with Crippen LogP contribution in [-0.4, -0.2) is 87.5 Å². The summed E-state index contributed by atoms with van der Waals surface area (Å²) in [4.78, 5) is 12.7. The van der Waals surface area contributed by atoms with Crippen LogP contribution in [0.4, 0.5) is 0 Å². The minimum Gasteiger partial charge on any atom is -0.394 e. The first-order valence-corrected chi connectivity index (χ1v) is 16.0. The summed E-state index contributed by atoms with van der Waals surface area (Å²) in [6.45, 7) is 3.45. The SMILES string of the molecule is CC/C=C\C/C=C\C/C=C\CCCCCC(=O)NC(COC1OC(CO)C(O)C(O)C1O)C(O)/C=C/CC/C=C/CCC. The molecule has 9 heteroatoms. The van der Waals surface area contributed by atoms with Crippen LogP contribution in [0, 0.1) is 0 Å². The van der Waals surface area contributed by atoms with Crippen molar-refractivity contribution in [2.24, 2.45) is 0 Å². The van der Waals surface area contributed by atoms with E-state index in [4.69, 9.17) is 9.47 Å². The van der Waals surface area contributed by atoms with Gasteiger partial charge in [0, 0.05) is 6.42 Å². The molecule has 9 nitrogen and oxygen atoms in total. The van der Waals surface area contributed by atoms with Crippen LogP contribution in [0.15, 0.2) is 60.8 Å². The molecular formula is C34H57NO8. The molecule has 1 heterocycles. The molecule has 43 heavy (non-hydrogen) atoms. The number of amides is 1. The molecule has 0 aromatic rings. The average molecular weight is 608 g/mol. The summed E-state index contributed by atoms with van der Waals surface area (Å²) < 4.78 is 11.0. The number of carbonyl (C=O) groups excluding carboxylic acids is 1. The van der Waals surface area contributed by atoms with Crippen molar-refractivity contribution in [3.05, 3.63) is 60.8 Å². The highest BCUT2D eigenvalue weighted by Gasteiger charge is 2.44. The van der Waals surface area contributed by atoms with E-state index in [0.29, 0.717) is 12.8 Å². The van der Waals surface area contributed by atoms with Crippen molar-refractivity contribution in [2.45, 2.75) is 134 Å². The predicted octanol–water partition coefficient (Wildman–Crippen LogP) is 4.15. The van der Waals surface area contributed by atoms with Gasteiger partial charge in [0.05, 0.1) is 25.4 Å². The number of aliphatic hydroxyl groups excluding tert-OH is 5. The molecule has 7 unspecified atom stereocenters. The van der Waals surface area contributed by atoms with Gasteiger partial charge >= 0.3 is 0 Å². The Hall–Kier alpha value is -2.11. The second-order valence-electron chi connectivity index (χ2n) is 10.9. The number of allylic oxidation sites excluding steroid dienone is 9. The van der Waals surface area contributed by atoms with E-state index in [1.165, 1.54) is 0 Å². The lowest BCUT2D eigenvalue weighted by Gasteiger charge is -2.40. The molecule has 0 spiro atoms. The van der Waals surface area contributed by atoms with E-state index in [1.54, 1.807) is 6.08 Å². The van der Waals surface area contributed by atoms with Gasteiger partial charge < -0.3 is 40.3 Å². The van der Waals surface area contributed by atoms with Crippen molar-refractivity contribution >= 4 is 5.91 Å². The monoisotopic (exact) mass is 607 g/mol. The maximum Gasteiger partial charge on any atom is 0.220 e. The Labute approximate surface area is 258 Å². The Morgan fingerprint density at radius 1 is 0.814 bits per heavy atom. The number of aliphatic hydroxyl groups is 5. The molecule has 0 aromatic carbocycles. The Kier molecular flexibility index (Phi) is 22.8. The largest absolute Gasteiger partial charge is 0.394 e. The van der Waals surface area contributed by atoms with Crippen molar-refractivity contribution < 1.29 is 39.8 Å². The van der Waals surface area contributed by atoms with E-state index in [9.17, 15) is 30.3 Å². The fraction of sp³-hybridized carbons (Fsp3) is 0.676. The molecule has 1 aliphatic heterocycles. The molecule has 0 bridgehead atoms. The van der Waals surface area contributed by atoms with Crippen LogP contribution in [0.1, 0.15) is 90.9 Å². The van der Waals surface area contributed by atoms with Crippen molar-refractivity contribution in [2.75, 3.05) is 13.2 Å². The Balaban J connectivity index is 2.55. The molecule has 1 amide bonds. The zero-order valence-electron chi connectivity index (χ0n) is 26.2. The lowest BCUT2D eigenvalue weighted by molar-refractivity contribution is -0.302. The second-order valence-corrected chi connectivity index (χ2v) is 10.9. The Morgan fingerprint density at radius 2 is 1.47 bits per heavy atom. The molecule has 7 atom stereocenters. The van der Waals surface area contributed by atoms with Gasteiger partial charge in [-0.25, -0.2) is 0 Å². The summed E-state index contributed by atoms with van der Waals surface area (Å²) in [5.41, 5.74) is 0. The number of hydrogen-bond acceptors (Lipinski definition) is 8. The first-order valence-electron chi connectivity index (χ1n) is 16.0. The summed E-state index contributed by atoms with van der Waals surface area (Å²) in [5, 5.41) is 53.4. The van der Waals surface area contributed by atoms with E-state index >= 15 is 0 Å². The fourth-order valence-corrected chi connectivity index (χ4v) is 4.42. The lowest BCUT2D eigenvalue weighted by Crippen LogP contribution is -2.60. The lowest BCUT2D eigenvalue weighted by atomic mass is 9.99. The van der Waals surface area contributed by atoms with Crippen molar-refractivity contribution in [3.63, 3.8) is 0 Å². The van der Waals surface area contributed by atoms with Gasteiger partial charge in [0.1, 0.15) is 24.4 Å². The minimum absolute atomic E-state index is 0.218. The maximum absolute atomic E-state index is 12.7. The predicted molar refractivity (Wildman–Crippen MR) is 170 cm³/mol. The van der Waals surface area contributed by atoms with Crippen molar-refractivity contribution in [1.82, 2.24) is 5.32 Å². The minimum atomic E-state index is -1.58. The number of rotatable bonds is 23. The van der Waals surface area contributed by atoms with Crippen molar-refractivity contribution in [1.29, 1.82) is 0 Å². The average Bonchev–Trinajstić information content (AvgIpc) is 3.00. The molecule has 1 aliphatic rings. The molecular weight excluding hydrogens is 550 g/mol. The van der Waals surface area contributed by atoms with Gasteiger partial charge in [-0.05, 0) is 57.8 Å². The third kappa shape index (κ3) is 17.7. The van der Waals surface area contributed by atoms with E-state index in [2.05, 4.69) is 67.8 Å². The van der Waals surface area contributed by atoms with Crippen LogP contribution in [0.25, 0.3) is 0 Å². The normalized spacial score (nSPS) is 24.7. The first kappa shape index (κ1) is 38.9. The number of hydrogen-bond donors (Lipinski definition) is 6. The highest BCUT2D eigenvalue weighted by atomic mass is 16.7. The maximum atomic E-state index is 12.7. The number of carbonyl (C=O) groups is 1. The van der Waals surface area contributed by atoms with E-state index in [-0.39, 0.29) is 12.5 Å². The molecule has 0 aliphatic carbocycles. The fourth-order valence-electron chi connectivity index (χ4n) is 4.42. The summed E-state index contributed by atoms with van der Waals surface area (Å²) >= 11 is 0. The zero-order chi connectivity index (χ0) is 31.7. The van der Waals surface area contributed by atoms with Gasteiger partial charge in [0.2, 0.25) is 5.91 Å². The molecule has 1 rings (SSSR count). The summed E-state index contributed by atoms with van der Waals surface area (Å²) in [6.07, 6.45) is 23.0. The third-order valence-electron chi connectivity index (χ3n) is 7.06. The van der Waals surface area contributed by atoms with E-state index < -0.39 is 49.5 Å². The van der Waals surface area contributed by atoms with E-state index in [1.807, 2.05) is 6.08 Å². The molecule has 0 radical (unpaired) electrons. The highest BCUT2D eigenvalue weighted by molar-refractivity contribution is 5.76. The summed E-state index contributed by atoms with van der Waals surface area (Å²) in [5.74, 6) is -0.227. The standard InChI is InChI=1S/C34H57NO8/c1-3-5-7-9-11-12-13-14-15-16-18-20-22-24-30(38)35-27(28(37)23-21-19-17-10-8-6-4-2)26-42-34-33(41)32(40)31(39)29(25-36)43-34/h5,7-8,10-12,14-15,21,23,27-29,31-34,36-37,39-41H,3-4,6,9,13,16-20,22,24-26H2,1-2H3,(H,35,38)/b7-5-,10-8+,12-11-,15-14-,23-21+. The van der Waals surface area contributed by atoms with Crippen LogP contribution in [0.3, 0.4) is 0 Å². The quantitative estimate of drug-likeness (QED) is 0.0750. The van der Waals surface area contributed by atoms with Crippen LogP contribution >= 0.6 is 0 Å². The molecule has 246 valence electrons. The highest BCUT2D eigenvalue weighted by Crippen LogP contribution is 2.22. The topological polar surface area (TPSA) is 149 Å². The number of ether oxygens (including phenoxy) is 2. The van der Waals surface area contributed by atoms with Crippen LogP contribution in [-0.2, 0) is 14.3 Å². The number of nitrogens with one attached hydrogen (secondary N) is 1.